The first-order chi connectivity index (χ1) is 9.22. The van der Waals surface area contributed by atoms with E-state index in [0.29, 0.717) is 12.6 Å². The molecule has 1 aromatic carbocycles. The molecule has 0 aromatic heterocycles. The molecule has 2 N–H and O–H groups in total. The summed E-state index contributed by atoms with van der Waals surface area (Å²) < 4.78 is 0. The van der Waals surface area contributed by atoms with Crippen LogP contribution in [-0.4, -0.2) is 41.4 Å². The number of hydrogen-bond acceptors (Lipinski definition) is 3. The van der Waals surface area contributed by atoms with Gasteiger partial charge in [0.05, 0.1) is 6.54 Å². The minimum absolute atomic E-state index is 0.117. The first kappa shape index (κ1) is 14.0. The maximum absolute atomic E-state index is 12.4. The van der Waals surface area contributed by atoms with E-state index in [0.717, 1.165) is 29.2 Å². The molecule has 1 fully saturated rings. The summed E-state index contributed by atoms with van der Waals surface area (Å²) in [5.41, 5.74) is 6.96. The summed E-state index contributed by atoms with van der Waals surface area (Å²) in [4.78, 5) is 14.4. The van der Waals surface area contributed by atoms with Crippen molar-refractivity contribution < 1.29 is 4.79 Å². The topological polar surface area (TPSA) is 46.3 Å². The number of nitrogens with zero attached hydrogens (tertiary/aromatic N) is 1. The van der Waals surface area contributed by atoms with Gasteiger partial charge in [0.25, 0.3) is 5.91 Å². The molecule has 2 rings (SSSR count). The first-order valence-corrected chi connectivity index (χ1v) is 7.55. The molecule has 4 heteroatoms. The Morgan fingerprint density at radius 1 is 1.47 bits per heavy atom. The Hall–Kier alpha value is -1.44. The molecule has 0 radical (unpaired) electrons. The summed E-state index contributed by atoms with van der Waals surface area (Å²) in [5.74, 6) is 7.92. The number of nitrogens with two attached hydrogens (primary N) is 1. The van der Waals surface area contributed by atoms with Gasteiger partial charge < -0.3 is 10.6 Å². The van der Waals surface area contributed by atoms with E-state index < -0.39 is 0 Å². The average molecular weight is 274 g/mol. The van der Waals surface area contributed by atoms with E-state index in [9.17, 15) is 4.79 Å². The highest BCUT2D eigenvalue weighted by atomic mass is 32.2. The van der Waals surface area contributed by atoms with Crippen LogP contribution in [0.5, 0.6) is 0 Å². The largest absolute Gasteiger partial charge is 0.334 e. The Morgan fingerprint density at radius 2 is 2.21 bits per heavy atom. The van der Waals surface area contributed by atoms with Crippen LogP contribution in [0, 0.1) is 11.8 Å². The van der Waals surface area contributed by atoms with Crippen LogP contribution in [0.25, 0.3) is 0 Å². The lowest BCUT2D eigenvalue weighted by atomic mass is 10.1. The van der Waals surface area contributed by atoms with E-state index in [1.165, 1.54) is 0 Å². The van der Waals surface area contributed by atoms with Crippen LogP contribution in [0.15, 0.2) is 24.3 Å². The fourth-order valence-electron chi connectivity index (χ4n) is 2.04. The fraction of sp³-hybridized carbons (Fsp3) is 0.400. The van der Waals surface area contributed by atoms with Gasteiger partial charge in [-0.15, -0.1) is 0 Å². The molecule has 1 saturated heterocycles. The van der Waals surface area contributed by atoms with Gasteiger partial charge >= 0.3 is 0 Å². The summed E-state index contributed by atoms with van der Waals surface area (Å²) in [6.07, 6.45) is 0. The molecule has 0 saturated carbocycles. The molecule has 1 amide bonds. The molecule has 1 aliphatic rings. The second-order valence-electron chi connectivity index (χ2n) is 4.51. The van der Waals surface area contributed by atoms with Crippen LogP contribution < -0.4 is 5.73 Å². The maximum Gasteiger partial charge on any atom is 0.254 e. The van der Waals surface area contributed by atoms with Crippen LogP contribution in [0.2, 0.25) is 0 Å². The lowest BCUT2D eigenvalue weighted by Gasteiger charge is -2.33. The quantitative estimate of drug-likeness (QED) is 0.791. The predicted molar refractivity (Wildman–Crippen MR) is 80.2 cm³/mol. The van der Waals surface area contributed by atoms with Gasteiger partial charge in [0.2, 0.25) is 0 Å². The monoisotopic (exact) mass is 274 g/mol. The van der Waals surface area contributed by atoms with Gasteiger partial charge in [-0.1, -0.05) is 11.8 Å². The van der Waals surface area contributed by atoms with Gasteiger partial charge in [-0.25, -0.2) is 0 Å². The van der Waals surface area contributed by atoms with Gasteiger partial charge in [0.1, 0.15) is 0 Å². The van der Waals surface area contributed by atoms with Crippen molar-refractivity contribution in [3.05, 3.63) is 35.4 Å². The third-order valence-electron chi connectivity index (χ3n) is 3.10. The van der Waals surface area contributed by atoms with Crippen LogP contribution >= 0.6 is 11.8 Å². The molecule has 1 atom stereocenters. The molecular weight excluding hydrogens is 256 g/mol. The number of hydrogen-bond donors (Lipinski definition) is 1. The lowest BCUT2D eigenvalue weighted by molar-refractivity contribution is 0.0716. The highest BCUT2D eigenvalue weighted by Crippen LogP contribution is 2.18. The molecule has 1 aromatic rings. The second kappa shape index (κ2) is 6.65. The van der Waals surface area contributed by atoms with Crippen LogP contribution in [0.3, 0.4) is 0 Å². The van der Waals surface area contributed by atoms with E-state index in [1.807, 2.05) is 40.9 Å². The summed E-state index contributed by atoms with van der Waals surface area (Å²) >= 11 is 1.91. The fourth-order valence-corrected chi connectivity index (χ4v) is 3.06. The lowest BCUT2D eigenvalue weighted by Crippen LogP contribution is -2.44. The zero-order valence-electron chi connectivity index (χ0n) is 11.1. The van der Waals surface area contributed by atoms with E-state index in [2.05, 4.69) is 18.8 Å². The van der Waals surface area contributed by atoms with E-state index in [4.69, 9.17) is 5.73 Å². The summed E-state index contributed by atoms with van der Waals surface area (Å²) in [6, 6.07) is 7.75. The predicted octanol–water partition coefficient (Wildman–Crippen LogP) is 1.57. The van der Waals surface area contributed by atoms with Gasteiger partial charge in [-0.05, 0) is 31.2 Å². The first-order valence-electron chi connectivity index (χ1n) is 6.40. The Balaban J connectivity index is 2.10. The highest BCUT2D eigenvalue weighted by molar-refractivity contribution is 7.99. The van der Waals surface area contributed by atoms with Gasteiger partial charge in [0.15, 0.2) is 0 Å². The second-order valence-corrected chi connectivity index (χ2v) is 5.66. The van der Waals surface area contributed by atoms with Crippen molar-refractivity contribution in [1.29, 1.82) is 0 Å². The summed E-state index contributed by atoms with van der Waals surface area (Å²) in [6.45, 7) is 3.29. The molecule has 1 aliphatic heterocycles. The molecule has 1 heterocycles. The van der Waals surface area contributed by atoms with Crippen LogP contribution in [-0.2, 0) is 0 Å². The van der Waals surface area contributed by atoms with Gasteiger partial charge in [0, 0.05) is 35.2 Å². The molecule has 3 nitrogen and oxygen atoms in total. The molecule has 1 unspecified atom stereocenters. The van der Waals surface area contributed by atoms with Crippen molar-refractivity contribution in [3.8, 4) is 11.8 Å². The van der Waals surface area contributed by atoms with Crippen molar-refractivity contribution >= 4 is 17.7 Å². The van der Waals surface area contributed by atoms with Gasteiger partial charge in [-0.2, -0.15) is 11.8 Å². The molecule has 0 spiro atoms. The maximum atomic E-state index is 12.4. The van der Waals surface area contributed by atoms with Crippen molar-refractivity contribution in [1.82, 2.24) is 4.90 Å². The molecule has 100 valence electrons. The Labute approximate surface area is 118 Å². The van der Waals surface area contributed by atoms with Crippen LogP contribution in [0.4, 0.5) is 0 Å². The smallest absolute Gasteiger partial charge is 0.254 e. The van der Waals surface area contributed by atoms with Gasteiger partial charge in [-0.3, -0.25) is 4.79 Å². The summed E-state index contributed by atoms with van der Waals surface area (Å²) in [7, 11) is 0. The van der Waals surface area contributed by atoms with E-state index in [-0.39, 0.29) is 5.91 Å². The van der Waals surface area contributed by atoms with E-state index >= 15 is 0 Å². The van der Waals surface area contributed by atoms with E-state index in [1.54, 1.807) is 0 Å². The zero-order valence-corrected chi connectivity index (χ0v) is 11.9. The molecule has 0 bridgehead atoms. The molecular formula is C15H18N2OS. The number of benzene rings is 1. The Bertz CT molecular complexity index is 501. The minimum atomic E-state index is 0.117. The third-order valence-corrected chi connectivity index (χ3v) is 4.28. The number of thioether (sulfide) groups is 1. The normalized spacial score (nSPS) is 18.6. The average Bonchev–Trinajstić information content (AvgIpc) is 2.45. The van der Waals surface area contributed by atoms with Crippen LogP contribution in [0.1, 0.15) is 22.8 Å². The van der Waals surface area contributed by atoms with Crippen molar-refractivity contribution in [2.75, 3.05) is 24.6 Å². The number of rotatable bonds is 1. The third kappa shape index (κ3) is 3.52. The minimum Gasteiger partial charge on any atom is -0.334 e. The standard InChI is InChI=1S/C15H18N2OS/c1-12-11-19-10-9-17(12)15(18)14-6-4-13(5-7-14)3-2-8-16/h4-7,12H,8-11,16H2,1H3. The zero-order chi connectivity index (χ0) is 13.7. The Morgan fingerprint density at radius 3 is 2.84 bits per heavy atom. The van der Waals surface area contributed by atoms with Crippen molar-refractivity contribution in [3.63, 3.8) is 0 Å². The Kier molecular flexibility index (Phi) is 4.89. The molecule has 0 aliphatic carbocycles. The summed E-state index contributed by atoms with van der Waals surface area (Å²) in [5, 5.41) is 0. The van der Waals surface area contributed by atoms with Crippen molar-refractivity contribution in [2.24, 2.45) is 5.73 Å². The number of carbonyl (C=O) groups is 1. The van der Waals surface area contributed by atoms with Crippen molar-refractivity contribution in [2.45, 2.75) is 13.0 Å². The molecule has 19 heavy (non-hydrogen) atoms. The SMILES string of the molecule is CC1CSCCN1C(=O)c1ccc(C#CCN)cc1. The number of amides is 1. The number of carbonyl (C=O) groups excluding carboxylic acids is 1. The highest BCUT2D eigenvalue weighted by Gasteiger charge is 2.24.